The fourth-order valence-corrected chi connectivity index (χ4v) is 3.07. The zero-order chi connectivity index (χ0) is 14.6. The molecule has 1 aromatic rings. The SMILES string of the molecule is C#C[C@H]([C@H](C)O)[C@H](C)NS(=O)(=O)c1ccc(C)cc1. The van der Waals surface area contributed by atoms with Crippen molar-refractivity contribution in [3.8, 4) is 12.3 Å². The molecule has 19 heavy (non-hydrogen) atoms. The Morgan fingerprint density at radius 1 is 1.26 bits per heavy atom. The fraction of sp³-hybridized carbons (Fsp3) is 0.429. The van der Waals surface area contributed by atoms with Crippen LogP contribution in [-0.2, 0) is 10.0 Å². The van der Waals surface area contributed by atoms with Gasteiger partial charge in [0, 0.05) is 6.04 Å². The van der Waals surface area contributed by atoms with Gasteiger partial charge in [-0.3, -0.25) is 0 Å². The monoisotopic (exact) mass is 281 g/mol. The van der Waals surface area contributed by atoms with Gasteiger partial charge in [0.15, 0.2) is 0 Å². The zero-order valence-electron chi connectivity index (χ0n) is 11.3. The van der Waals surface area contributed by atoms with E-state index in [1.807, 2.05) is 6.92 Å². The number of sulfonamides is 1. The third kappa shape index (κ3) is 4.06. The summed E-state index contributed by atoms with van der Waals surface area (Å²) in [6, 6.07) is 5.99. The first-order chi connectivity index (χ1) is 8.77. The van der Waals surface area contributed by atoms with E-state index in [0.717, 1.165) is 5.56 Å². The van der Waals surface area contributed by atoms with Crippen molar-refractivity contribution in [3.63, 3.8) is 0 Å². The summed E-state index contributed by atoms with van der Waals surface area (Å²) in [5.74, 6) is 1.84. The number of aryl methyl sites for hydroxylation is 1. The van der Waals surface area contributed by atoms with E-state index in [0.29, 0.717) is 0 Å². The lowest BCUT2D eigenvalue weighted by Crippen LogP contribution is -2.41. The molecule has 3 atom stereocenters. The first-order valence-corrected chi connectivity index (χ1v) is 7.49. The van der Waals surface area contributed by atoms with Gasteiger partial charge in [0.1, 0.15) is 0 Å². The maximum atomic E-state index is 12.1. The van der Waals surface area contributed by atoms with Gasteiger partial charge < -0.3 is 5.11 Å². The summed E-state index contributed by atoms with van der Waals surface area (Å²) in [6.07, 6.45) is 4.53. The van der Waals surface area contributed by atoms with Crippen LogP contribution in [0.5, 0.6) is 0 Å². The predicted molar refractivity (Wildman–Crippen MR) is 75.0 cm³/mol. The van der Waals surface area contributed by atoms with Crippen molar-refractivity contribution < 1.29 is 13.5 Å². The highest BCUT2D eigenvalue weighted by molar-refractivity contribution is 7.89. The Morgan fingerprint density at radius 3 is 2.21 bits per heavy atom. The minimum absolute atomic E-state index is 0.186. The molecule has 0 heterocycles. The maximum absolute atomic E-state index is 12.1. The molecular formula is C14H19NO3S. The Hall–Kier alpha value is -1.35. The minimum atomic E-state index is -3.62. The second-order valence-corrected chi connectivity index (χ2v) is 6.37. The number of aliphatic hydroxyl groups is 1. The Morgan fingerprint density at radius 2 is 1.79 bits per heavy atom. The molecule has 1 aromatic carbocycles. The van der Waals surface area contributed by atoms with Gasteiger partial charge >= 0.3 is 0 Å². The Labute approximate surface area is 114 Å². The van der Waals surface area contributed by atoms with Crippen LogP contribution in [0.1, 0.15) is 19.4 Å². The largest absolute Gasteiger partial charge is 0.392 e. The standard InChI is InChI=1S/C14H19NO3S/c1-5-14(12(4)16)11(3)15-19(17,18)13-8-6-10(2)7-9-13/h1,6-9,11-12,14-16H,2-4H3/t11-,12-,14-/m0/s1. The summed E-state index contributed by atoms with van der Waals surface area (Å²) >= 11 is 0. The van der Waals surface area contributed by atoms with E-state index >= 15 is 0 Å². The van der Waals surface area contributed by atoms with Crippen LogP contribution in [0, 0.1) is 25.2 Å². The molecule has 104 valence electrons. The van der Waals surface area contributed by atoms with Gasteiger partial charge in [-0.2, -0.15) is 0 Å². The molecule has 1 rings (SSSR count). The van der Waals surface area contributed by atoms with E-state index in [1.54, 1.807) is 26.0 Å². The van der Waals surface area contributed by atoms with E-state index in [2.05, 4.69) is 10.6 Å². The molecule has 2 N–H and O–H groups in total. The molecule has 0 fully saturated rings. The lowest BCUT2D eigenvalue weighted by Gasteiger charge is -2.22. The number of hydrogen-bond acceptors (Lipinski definition) is 3. The fourth-order valence-electron chi connectivity index (χ4n) is 1.80. The molecule has 0 radical (unpaired) electrons. The first-order valence-electron chi connectivity index (χ1n) is 6.01. The lowest BCUT2D eigenvalue weighted by molar-refractivity contribution is 0.139. The van der Waals surface area contributed by atoms with Crippen LogP contribution in [0.4, 0.5) is 0 Å². The highest BCUT2D eigenvalue weighted by Gasteiger charge is 2.25. The van der Waals surface area contributed by atoms with Gasteiger partial charge in [-0.05, 0) is 32.9 Å². The van der Waals surface area contributed by atoms with Gasteiger partial charge in [-0.15, -0.1) is 6.42 Å². The van der Waals surface area contributed by atoms with Crippen LogP contribution >= 0.6 is 0 Å². The molecule has 0 aliphatic heterocycles. The maximum Gasteiger partial charge on any atom is 0.240 e. The van der Waals surface area contributed by atoms with Gasteiger partial charge in [-0.1, -0.05) is 23.6 Å². The van der Waals surface area contributed by atoms with Gasteiger partial charge in [0.25, 0.3) is 0 Å². The van der Waals surface area contributed by atoms with Crippen LogP contribution < -0.4 is 4.72 Å². The number of hydrogen-bond donors (Lipinski definition) is 2. The van der Waals surface area contributed by atoms with Crippen LogP contribution in [-0.4, -0.2) is 25.7 Å². The number of aliphatic hydroxyl groups excluding tert-OH is 1. The summed E-state index contributed by atoms with van der Waals surface area (Å²) in [5, 5.41) is 9.51. The second kappa shape index (κ2) is 6.20. The van der Waals surface area contributed by atoms with Crippen molar-refractivity contribution >= 4 is 10.0 Å². The van der Waals surface area contributed by atoms with Crippen LogP contribution in [0.2, 0.25) is 0 Å². The molecule has 4 nitrogen and oxygen atoms in total. The van der Waals surface area contributed by atoms with Crippen molar-refractivity contribution in [2.75, 3.05) is 0 Å². The summed E-state index contributed by atoms with van der Waals surface area (Å²) in [5.41, 5.74) is 0.984. The Kier molecular flexibility index (Phi) is 5.12. The average molecular weight is 281 g/mol. The molecule has 0 saturated carbocycles. The van der Waals surface area contributed by atoms with E-state index in [9.17, 15) is 13.5 Å². The zero-order valence-corrected chi connectivity index (χ0v) is 12.1. The number of rotatable bonds is 5. The van der Waals surface area contributed by atoms with Crippen LogP contribution in [0.15, 0.2) is 29.2 Å². The number of benzene rings is 1. The second-order valence-electron chi connectivity index (χ2n) is 4.66. The summed E-state index contributed by atoms with van der Waals surface area (Å²) < 4.78 is 26.8. The van der Waals surface area contributed by atoms with Gasteiger partial charge in [0.2, 0.25) is 10.0 Å². The average Bonchev–Trinajstić information content (AvgIpc) is 2.29. The minimum Gasteiger partial charge on any atom is -0.392 e. The molecule has 0 unspecified atom stereocenters. The topological polar surface area (TPSA) is 66.4 Å². The molecule has 5 heteroatoms. The van der Waals surface area contributed by atoms with Gasteiger partial charge in [-0.25, -0.2) is 13.1 Å². The molecule has 0 spiro atoms. The van der Waals surface area contributed by atoms with E-state index in [4.69, 9.17) is 6.42 Å². The van der Waals surface area contributed by atoms with Crippen LogP contribution in [0.25, 0.3) is 0 Å². The summed E-state index contributed by atoms with van der Waals surface area (Å²) in [4.78, 5) is 0.186. The number of terminal acetylenes is 1. The summed E-state index contributed by atoms with van der Waals surface area (Å²) in [7, 11) is -3.62. The molecule has 0 aliphatic carbocycles. The third-order valence-corrected chi connectivity index (χ3v) is 4.50. The van der Waals surface area contributed by atoms with E-state index < -0.39 is 28.1 Å². The lowest BCUT2D eigenvalue weighted by atomic mass is 9.98. The highest BCUT2D eigenvalue weighted by atomic mass is 32.2. The predicted octanol–water partition coefficient (Wildman–Crippen LogP) is 1.29. The molecule has 0 bridgehead atoms. The van der Waals surface area contributed by atoms with Crippen molar-refractivity contribution in [2.24, 2.45) is 5.92 Å². The highest BCUT2D eigenvalue weighted by Crippen LogP contribution is 2.14. The Balaban J connectivity index is 2.92. The van der Waals surface area contributed by atoms with Crippen molar-refractivity contribution in [3.05, 3.63) is 29.8 Å². The van der Waals surface area contributed by atoms with Crippen molar-refractivity contribution in [2.45, 2.75) is 37.8 Å². The smallest absolute Gasteiger partial charge is 0.240 e. The molecule has 0 amide bonds. The number of nitrogens with one attached hydrogen (secondary N) is 1. The third-order valence-electron chi connectivity index (χ3n) is 2.92. The van der Waals surface area contributed by atoms with E-state index in [-0.39, 0.29) is 4.90 Å². The van der Waals surface area contributed by atoms with Crippen molar-refractivity contribution in [1.82, 2.24) is 4.72 Å². The van der Waals surface area contributed by atoms with E-state index in [1.165, 1.54) is 12.1 Å². The van der Waals surface area contributed by atoms with Crippen molar-refractivity contribution in [1.29, 1.82) is 0 Å². The normalized spacial score (nSPS) is 16.4. The van der Waals surface area contributed by atoms with Gasteiger partial charge in [0.05, 0.1) is 16.9 Å². The van der Waals surface area contributed by atoms with Crippen LogP contribution in [0.3, 0.4) is 0 Å². The summed E-state index contributed by atoms with van der Waals surface area (Å²) in [6.45, 7) is 5.07. The first kappa shape index (κ1) is 15.7. The molecule has 0 aromatic heterocycles. The molecule has 0 saturated heterocycles. The molecule has 0 aliphatic rings. The Bertz CT molecular complexity index is 555. The quantitative estimate of drug-likeness (QED) is 0.799. The molecular weight excluding hydrogens is 262 g/mol.